The molecule has 1 aromatic rings. The minimum absolute atomic E-state index is 0.0277. The summed E-state index contributed by atoms with van der Waals surface area (Å²) in [6.45, 7) is 0. The van der Waals surface area contributed by atoms with Crippen LogP contribution in [-0.4, -0.2) is 37.9 Å². The van der Waals surface area contributed by atoms with Gasteiger partial charge in [0.05, 0.1) is 22.0 Å². The van der Waals surface area contributed by atoms with Crippen LogP contribution in [0.1, 0.15) is 12.0 Å². The summed E-state index contributed by atoms with van der Waals surface area (Å²) in [4.78, 5) is 11.5. The zero-order valence-electron chi connectivity index (χ0n) is 11.5. The van der Waals surface area contributed by atoms with Crippen molar-refractivity contribution in [2.45, 2.75) is 18.6 Å². The molecule has 1 atom stereocenters. The van der Waals surface area contributed by atoms with Gasteiger partial charge >= 0.3 is 6.18 Å². The summed E-state index contributed by atoms with van der Waals surface area (Å²) in [5.74, 6) is -0.196. The molecular formula is C12H13F3N2O4S. The Hall–Kier alpha value is -1.84. The maximum absolute atomic E-state index is 12.7. The normalized spacial score (nSPS) is 20.8. The standard InChI is InChI=1S/C12H13F3N2O4S/c1-16(9-4-5-22(20,21)7-9)10-3-2-8(12(13,14)15)6-11(10)17(18)19/h2-3,6,9H,4-5,7H2,1H3/t9-/m1/s1. The minimum Gasteiger partial charge on any atom is -0.365 e. The summed E-state index contributed by atoms with van der Waals surface area (Å²) >= 11 is 0. The third kappa shape index (κ3) is 3.32. The molecule has 1 aliphatic rings. The summed E-state index contributed by atoms with van der Waals surface area (Å²) in [6, 6.07) is 1.74. The van der Waals surface area contributed by atoms with E-state index < -0.39 is 38.2 Å². The van der Waals surface area contributed by atoms with E-state index in [0.717, 1.165) is 12.1 Å². The van der Waals surface area contributed by atoms with E-state index in [1.807, 2.05) is 0 Å². The molecule has 1 heterocycles. The molecule has 0 N–H and O–H groups in total. The van der Waals surface area contributed by atoms with Crippen LogP contribution in [0.5, 0.6) is 0 Å². The fraction of sp³-hybridized carbons (Fsp3) is 0.500. The molecule has 0 bridgehead atoms. The van der Waals surface area contributed by atoms with Gasteiger partial charge < -0.3 is 4.90 Å². The molecule has 0 saturated carbocycles. The van der Waals surface area contributed by atoms with Crippen LogP contribution >= 0.6 is 0 Å². The maximum atomic E-state index is 12.7. The fourth-order valence-electron chi connectivity index (χ4n) is 2.42. The lowest BCUT2D eigenvalue weighted by atomic mass is 10.1. The molecule has 0 aromatic heterocycles. The van der Waals surface area contributed by atoms with Crippen LogP contribution < -0.4 is 4.90 Å². The van der Waals surface area contributed by atoms with Gasteiger partial charge in [-0.1, -0.05) is 0 Å². The predicted octanol–water partition coefficient (Wildman–Crippen LogP) is 2.24. The summed E-state index contributed by atoms with van der Waals surface area (Å²) in [5.41, 5.74) is -1.84. The maximum Gasteiger partial charge on any atom is 0.416 e. The number of alkyl halides is 3. The van der Waals surface area contributed by atoms with Crippen LogP contribution in [0.4, 0.5) is 24.5 Å². The number of nitro groups is 1. The van der Waals surface area contributed by atoms with Gasteiger partial charge in [-0.05, 0) is 18.6 Å². The minimum atomic E-state index is -4.68. The highest BCUT2D eigenvalue weighted by Crippen LogP contribution is 2.37. The number of rotatable bonds is 3. The highest BCUT2D eigenvalue weighted by molar-refractivity contribution is 7.91. The molecule has 1 aromatic carbocycles. The van der Waals surface area contributed by atoms with Crippen molar-refractivity contribution in [2.75, 3.05) is 23.5 Å². The Morgan fingerprint density at radius 3 is 2.45 bits per heavy atom. The van der Waals surface area contributed by atoms with E-state index in [2.05, 4.69) is 0 Å². The Morgan fingerprint density at radius 1 is 1.36 bits per heavy atom. The lowest BCUT2D eigenvalue weighted by molar-refractivity contribution is -0.384. The van der Waals surface area contributed by atoms with Gasteiger partial charge in [0, 0.05) is 19.2 Å². The smallest absolute Gasteiger partial charge is 0.365 e. The zero-order valence-corrected chi connectivity index (χ0v) is 12.3. The quantitative estimate of drug-likeness (QED) is 0.624. The molecule has 0 aliphatic carbocycles. The van der Waals surface area contributed by atoms with E-state index in [1.54, 1.807) is 0 Å². The Bertz CT molecular complexity index is 703. The molecule has 1 saturated heterocycles. The number of nitro benzene ring substituents is 1. The number of anilines is 1. The van der Waals surface area contributed by atoms with Crippen LogP contribution in [0.2, 0.25) is 0 Å². The fourth-order valence-corrected chi connectivity index (χ4v) is 4.20. The molecule has 0 unspecified atom stereocenters. The van der Waals surface area contributed by atoms with E-state index in [4.69, 9.17) is 0 Å². The average Bonchev–Trinajstić information content (AvgIpc) is 2.76. The Kier molecular flexibility index (Phi) is 4.07. The lowest BCUT2D eigenvalue weighted by Crippen LogP contribution is -2.33. The predicted molar refractivity (Wildman–Crippen MR) is 73.6 cm³/mol. The SMILES string of the molecule is CN(c1ccc(C(F)(F)F)cc1[N+](=O)[O-])[C@@H]1CCS(=O)(=O)C1. The third-order valence-corrected chi connectivity index (χ3v) is 5.39. The van der Waals surface area contributed by atoms with Crippen LogP contribution in [0.15, 0.2) is 18.2 Å². The first kappa shape index (κ1) is 16.5. The van der Waals surface area contributed by atoms with Gasteiger partial charge in [-0.25, -0.2) is 8.42 Å². The van der Waals surface area contributed by atoms with Crippen molar-refractivity contribution in [1.29, 1.82) is 0 Å². The summed E-state index contributed by atoms with van der Waals surface area (Å²) in [6.07, 6.45) is -4.39. The van der Waals surface area contributed by atoms with E-state index >= 15 is 0 Å². The van der Waals surface area contributed by atoms with Crippen LogP contribution in [0.3, 0.4) is 0 Å². The second-order valence-electron chi connectivity index (χ2n) is 5.13. The Labute approximate surface area is 124 Å². The third-order valence-electron chi connectivity index (χ3n) is 3.64. The molecule has 0 amide bonds. The van der Waals surface area contributed by atoms with Crippen molar-refractivity contribution in [1.82, 2.24) is 0 Å². The number of hydrogen-bond acceptors (Lipinski definition) is 5. The molecule has 122 valence electrons. The van der Waals surface area contributed by atoms with Crippen LogP contribution in [0, 0.1) is 10.1 Å². The van der Waals surface area contributed by atoms with Gasteiger partial charge in [-0.3, -0.25) is 10.1 Å². The van der Waals surface area contributed by atoms with Gasteiger partial charge in [-0.15, -0.1) is 0 Å². The largest absolute Gasteiger partial charge is 0.416 e. The molecule has 10 heteroatoms. The van der Waals surface area contributed by atoms with Crippen LogP contribution in [-0.2, 0) is 16.0 Å². The summed E-state index contributed by atoms with van der Waals surface area (Å²) in [5, 5.41) is 11.0. The van der Waals surface area contributed by atoms with Crippen molar-refractivity contribution < 1.29 is 26.5 Å². The van der Waals surface area contributed by atoms with Crippen molar-refractivity contribution in [3.63, 3.8) is 0 Å². The highest BCUT2D eigenvalue weighted by Gasteiger charge is 2.36. The number of nitrogens with zero attached hydrogens (tertiary/aromatic N) is 2. The molecule has 6 nitrogen and oxygen atoms in total. The van der Waals surface area contributed by atoms with E-state index in [1.165, 1.54) is 11.9 Å². The topological polar surface area (TPSA) is 80.5 Å². The molecule has 22 heavy (non-hydrogen) atoms. The van der Waals surface area contributed by atoms with Gasteiger partial charge in [0.2, 0.25) is 0 Å². The number of halogens is 3. The number of sulfone groups is 1. The van der Waals surface area contributed by atoms with Gasteiger partial charge in [0.25, 0.3) is 5.69 Å². The molecule has 1 fully saturated rings. The van der Waals surface area contributed by atoms with Crippen molar-refractivity contribution in [3.8, 4) is 0 Å². The van der Waals surface area contributed by atoms with Gasteiger partial charge in [0.15, 0.2) is 9.84 Å². The van der Waals surface area contributed by atoms with E-state index in [0.29, 0.717) is 6.07 Å². The second-order valence-corrected chi connectivity index (χ2v) is 7.35. The highest BCUT2D eigenvalue weighted by atomic mass is 32.2. The second kappa shape index (κ2) is 5.41. The first-order valence-corrected chi connectivity index (χ1v) is 8.12. The monoisotopic (exact) mass is 338 g/mol. The van der Waals surface area contributed by atoms with Gasteiger partial charge in [-0.2, -0.15) is 13.2 Å². The lowest BCUT2D eigenvalue weighted by Gasteiger charge is -2.25. The molecule has 0 radical (unpaired) electrons. The van der Waals surface area contributed by atoms with Gasteiger partial charge in [0.1, 0.15) is 5.69 Å². The first-order valence-electron chi connectivity index (χ1n) is 6.30. The van der Waals surface area contributed by atoms with Crippen LogP contribution in [0.25, 0.3) is 0 Å². The number of hydrogen-bond donors (Lipinski definition) is 0. The Morgan fingerprint density at radius 2 is 2.00 bits per heavy atom. The summed E-state index contributed by atoms with van der Waals surface area (Å²) in [7, 11) is -1.76. The van der Waals surface area contributed by atoms with E-state index in [-0.39, 0.29) is 23.6 Å². The average molecular weight is 338 g/mol. The first-order chi connectivity index (χ1) is 10.0. The van der Waals surface area contributed by atoms with E-state index in [9.17, 15) is 31.7 Å². The molecule has 2 rings (SSSR count). The summed E-state index contributed by atoms with van der Waals surface area (Å²) < 4.78 is 60.9. The molecular weight excluding hydrogens is 325 g/mol. The Balaban J connectivity index is 2.40. The zero-order chi connectivity index (χ0) is 16.7. The number of benzene rings is 1. The van der Waals surface area contributed by atoms with Crippen molar-refractivity contribution in [2.24, 2.45) is 0 Å². The molecule has 1 aliphatic heterocycles. The molecule has 0 spiro atoms. The van der Waals surface area contributed by atoms with Crippen molar-refractivity contribution in [3.05, 3.63) is 33.9 Å². The van der Waals surface area contributed by atoms with Crippen molar-refractivity contribution >= 4 is 21.2 Å².